The highest BCUT2D eigenvalue weighted by Gasteiger charge is 2.04. The number of hydrogen-bond acceptors (Lipinski definition) is 3. The lowest BCUT2D eigenvalue weighted by Crippen LogP contribution is -2.17. The fourth-order valence-corrected chi connectivity index (χ4v) is 2.15. The molecule has 2 aromatic rings. The van der Waals surface area contributed by atoms with Crippen LogP contribution in [-0.4, -0.2) is 20.8 Å². The SMILES string of the molecule is COc1ccc(CNCCc2ccccc2OC)c(F)c1. The molecule has 0 bridgehead atoms. The van der Waals surface area contributed by atoms with Gasteiger partial charge in [-0.3, -0.25) is 0 Å². The van der Waals surface area contributed by atoms with Crippen molar-refractivity contribution in [1.29, 1.82) is 0 Å². The molecule has 112 valence electrons. The molecule has 2 rings (SSSR count). The summed E-state index contributed by atoms with van der Waals surface area (Å²) in [4.78, 5) is 0. The van der Waals surface area contributed by atoms with Crippen molar-refractivity contribution in [3.8, 4) is 11.5 Å². The maximum atomic E-state index is 13.8. The Hall–Kier alpha value is -2.07. The zero-order chi connectivity index (χ0) is 15.1. The second-order valence-electron chi connectivity index (χ2n) is 4.70. The van der Waals surface area contributed by atoms with Crippen LogP contribution in [0, 0.1) is 5.82 Å². The Morgan fingerprint density at radius 2 is 1.81 bits per heavy atom. The van der Waals surface area contributed by atoms with Crippen LogP contribution in [0.15, 0.2) is 42.5 Å². The minimum atomic E-state index is -0.251. The fourth-order valence-electron chi connectivity index (χ4n) is 2.15. The summed E-state index contributed by atoms with van der Waals surface area (Å²) in [5, 5.41) is 3.24. The van der Waals surface area contributed by atoms with E-state index in [-0.39, 0.29) is 5.82 Å². The first-order valence-corrected chi connectivity index (χ1v) is 6.89. The molecule has 0 saturated carbocycles. The van der Waals surface area contributed by atoms with Gasteiger partial charge in [-0.2, -0.15) is 0 Å². The van der Waals surface area contributed by atoms with E-state index in [0.717, 1.165) is 24.3 Å². The molecule has 2 aromatic carbocycles. The van der Waals surface area contributed by atoms with Crippen LogP contribution < -0.4 is 14.8 Å². The average molecular weight is 289 g/mol. The van der Waals surface area contributed by atoms with Crippen molar-refractivity contribution < 1.29 is 13.9 Å². The molecule has 0 atom stereocenters. The third-order valence-electron chi connectivity index (χ3n) is 3.34. The molecule has 4 heteroatoms. The molecule has 0 amide bonds. The molecule has 3 nitrogen and oxygen atoms in total. The van der Waals surface area contributed by atoms with Crippen molar-refractivity contribution in [2.24, 2.45) is 0 Å². The summed E-state index contributed by atoms with van der Waals surface area (Å²) in [7, 11) is 3.19. The quantitative estimate of drug-likeness (QED) is 0.794. The Bertz CT molecular complexity index is 587. The number of rotatable bonds is 7. The zero-order valence-electron chi connectivity index (χ0n) is 12.4. The number of halogens is 1. The van der Waals surface area contributed by atoms with Gasteiger partial charge in [-0.1, -0.05) is 24.3 Å². The van der Waals surface area contributed by atoms with E-state index in [1.165, 1.54) is 13.2 Å². The van der Waals surface area contributed by atoms with Crippen LogP contribution >= 0.6 is 0 Å². The van der Waals surface area contributed by atoms with Crippen LogP contribution in [0.5, 0.6) is 11.5 Å². The molecule has 0 aromatic heterocycles. The summed E-state index contributed by atoms with van der Waals surface area (Å²) in [6.45, 7) is 1.25. The maximum absolute atomic E-state index is 13.8. The summed E-state index contributed by atoms with van der Waals surface area (Å²) < 4.78 is 24.1. The minimum absolute atomic E-state index is 0.251. The highest BCUT2D eigenvalue weighted by Crippen LogP contribution is 2.18. The van der Waals surface area contributed by atoms with Crippen molar-refractivity contribution in [3.05, 3.63) is 59.4 Å². The molecule has 0 fully saturated rings. The summed E-state index contributed by atoms with van der Waals surface area (Å²) in [6.07, 6.45) is 0.835. The van der Waals surface area contributed by atoms with Crippen molar-refractivity contribution in [2.45, 2.75) is 13.0 Å². The molecular formula is C17H20FNO2. The van der Waals surface area contributed by atoms with Crippen molar-refractivity contribution >= 4 is 0 Å². The standard InChI is InChI=1S/C17H20FNO2/c1-20-15-8-7-14(16(18)11-15)12-19-10-9-13-5-3-4-6-17(13)21-2/h3-8,11,19H,9-10,12H2,1-2H3. The Balaban J connectivity index is 1.85. The first-order chi connectivity index (χ1) is 10.2. The topological polar surface area (TPSA) is 30.5 Å². The van der Waals surface area contributed by atoms with E-state index in [4.69, 9.17) is 9.47 Å². The molecular weight excluding hydrogens is 269 g/mol. The van der Waals surface area contributed by atoms with Crippen molar-refractivity contribution in [2.75, 3.05) is 20.8 Å². The zero-order valence-corrected chi connectivity index (χ0v) is 12.4. The predicted octanol–water partition coefficient (Wildman–Crippen LogP) is 3.18. The van der Waals surface area contributed by atoms with Crippen LogP contribution in [-0.2, 0) is 13.0 Å². The number of nitrogens with one attached hydrogen (secondary N) is 1. The van der Waals surface area contributed by atoms with E-state index >= 15 is 0 Å². The minimum Gasteiger partial charge on any atom is -0.497 e. The number of hydrogen-bond donors (Lipinski definition) is 1. The molecule has 0 radical (unpaired) electrons. The molecule has 0 spiro atoms. The molecule has 0 saturated heterocycles. The second kappa shape index (κ2) is 7.64. The van der Waals surface area contributed by atoms with Gasteiger partial charge in [0.2, 0.25) is 0 Å². The third-order valence-corrected chi connectivity index (χ3v) is 3.34. The van der Waals surface area contributed by atoms with E-state index in [0.29, 0.717) is 17.9 Å². The highest BCUT2D eigenvalue weighted by molar-refractivity contribution is 5.33. The summed E-state index contributed by atoms with van der Waals surface area (Å²) in [5.41, 5.74) is 1.78. The summed E-state index contributed by atoms with van der Waals surface area (Å²) in [6, 6.07) is 12.8. The Morgan fingerprint density at radius 1 is 1.00 bits per heavy atom. The van der Waals surface area contributed by atoms with Crippen LogP contribution in [0.25, 0.3) is 0 Å². The van der Waals surface area contributed by atoms with E-state index in [9.17, 15) is 4.39 Å². The van der Waals surface area contributed by atoms with E-state index in [2.05, 4.69) is 5.32 Å². The van der Waals surface area contributed by atoms with E-state index in [1.807, 2.05) is 24.3 Å². The molecule has 0 aliphatic rings. The first kappa shape index (κ1) is 15.3. The van der Waals surface area contributed by atoms with Crippen LogP contribution in [0.1, 0.15) is 11.1 Å². The molecule has 0 aliphatic carbocycles. The lowest BCUT2D eigenvalue weighted by molar-refractivity contribution is 0.408. The normalized spacial score (nSPS) is 10.4. The molecule has 1 N–H and O–H groups in total. The first-order valence-electron chi connectivity index (χ1n) is 6.89. The van der Waals surface area contributed by atoms with Gasteiger partial charge in [-0.15, -0.1) is 0 Å². The van der Waals surface area contributed by atoms with E-state index in [1.54, 1.807) is 19.2 Å². The predicted molar refractivity (Wildman–Crippen MR) is 81.4 cm³/mol. The van der Waals surface area contributed by atoms with Gasteiger partial charge in [0.15, 0.2) is 0 Å². The smallest absolute Gasteiger partial charge is 0.131 e. The van der Waals surface area contributed by atoms with Gasteiger partial charge in [-0.05, 0) is 30.7 Å². The van der Waals surface area contributed by atoms with Gasteiger partial charge >= 0.3 is 0 Å². The van der Waals surface area contributed by atoms with Crippen molar-refractivity contribution in [1.82, 2.24) is 5.32 Å². The van der Waals surface area contributed by atoms with Crippen LogP contribution in [0.2, 0.25) is 0 Å². The maximum Gasteiger partial charge on any atom is 0.131 e. The Morgan fingerprint density at radius 3 is 2.52 bits per heavy atom. The van der Waals surface area contributed by atoms with E-state index < -0.39 is 0 Å². The fraction of sp³-hybridized carbons (Fsp3) is 0.294. The number of methoxy groups -OCH3 is 2. The van der Waals surface area contributed by atoms with Gasteiger partial charge in [-0.25, -0.2) is 4.39 Å². The molecule has 0 heterocycles. The molecule has 0 unspecified atom stereocenters. The monoisotopic (exact) mass is 289 g/mol. The number of benzene rings is 2. The van der Waals surface area contributed by atoms with Gasteiger partial charge in [0.25, 0.3) is 0 Å². The van der Waals surface area contributed by atoms with Gasteiger partial charge in [0.1, 0.15) is 17.3 Å². The van der Waals surface area contributed by atoms with Crippen LogP contribution in [0.4, 0.5) is 4.39 Å². The third kappa shape index (κ3) is 4.20. The average Bonchev–Trinajstić information content (AvgIpc) is 2.53. The van der Waals surface area contributed by atoms with Crippen molar-refractivity contribution in [3.63, 3.8) is 0 Å². The number of ether oxygens (including phenoxy) is 2. The lowest BCUT2D eigenvalue weighted by atomic mass is 10.1. The van der Waals surface area contributed by atoms with Gasteiger partial charge < -0.3 is 14.8 Å². The lowest BCUT2D eigenvalue weighted by Gasteiger charge is -2.10. The molecule has 0 aliphatic heterocycles. The Labute approximate surface area is 124 Å². The molecule has 21 heavy (non-hydrogen) atoms. The Kier molecular flexibility index (Phi) is 5.58. The van der Waals surface area contributed by atoms with Gasteiger partial charge in [0, 0.05) is 18.2 Å². The van der Waals surface area contributed by atoms with Crippen LogP contribution in [0.3, 0.4) is 0 Å². The number of para-hydroxylation sites is 1. The second-order valence-corrected chi connectivity index (χ2v) is 4.70. The van der Waals surface area contributed by atoms with Gasteiger partial charge in [0.05, 0.1) is 14.2 Å². The largest absolute Gasteiger partial charge is 0.497 e. The summed E-state index contributed by atoms with van der Waals surface area (Å²) >= 11 is 0. The summed E-state index contributed by atoms with van der Waals surface area (Å²) in [5.74, 6) is 1.17. The highest BCUT2D eigenvalue weighted by atomic mass is 19.1.